The number of rotatable bonds is 14. The van der Waals surface area contributed by atoms with Crippen LogP contribution in [0, 0.1) is 5.92 Å². The molecular weight excluding hydrogens is 468 g/mol. The van der Waals surface area contributed by atoms with E-state index in [1.165, 1.54) is 0 Å². The first kappa shape index (κ1) is 28.8. The summed E-state index contributed by atoms with van der Waals surface area (Å²) in [6.07, 6.45) is 1.23. The standard InChI is InChI=1S/C25H36N4O7/c1-15(2)13-19(28-22(32)17-9-6-12-26-17)23(33)29-20(14-16-7-4-3-5-8-16)24(34)27-18(25(35)36)10-11-21(30)31/h3-5,7-8,15,17-20,26H,6,9-14H2,1-2H3,(H,27,34)(H,28,32)(H,29,33)(H,30,31)(H,35,36). The van der Waals surface area contributed by atoms with Crippen molar-refractivity contribution in [1.82, 2.24) is 21.3 Å². The van der Waals surface area contributed by atoms with E-state index in [9.17, 15) is 29.1 Å². The van der Waals surface area contributed by atoms with Crippen molar-refractivity contribution in [3.8, 4) is 0 Å². The monoisotopic (exact) mass is 504 g/mol. The second kappa shape index (κ2) is 14.2. The highest BCUT2D eigenvalue weighted by molar-refractivity contribution is 5.94. The lowest BCUT2D eigenvalue weighted by Crippen LogP contribution is -2.57. The second-order valence-corrected chi connectivity index (χ2v) is 9.42. The Bertz CT molecular complexity index is 916. The number of hydrogen-bond acceptors (Lipinski definition) is 6. The van der Waals surface area contributed by atoms with E-state index < -0.39 is 48.3 Å². The van der Waals surface area contributed by atoms with Crippen LogP contribution < -0.4 is 21.3 Å². The molecule has 1 aromatic rings. The highest BCUT2D eigenvalue weighted by Gasteiger charge is 2.32. The molecule has 4 atom stereocenters. The summed E-state index contributed by atoms with van der Waals surface area (Å²) in [6.45, 7) is 4.55. The zero-order chi connectivity index (χ0) is 26.7. The summed E-state index contributed by atoms with van der Waals surface area (Å²) >= 11 is 0. The lowest BCUT2D eigenvalue weighted by Gasteiger charge is -2.26. The van der Waals surface area contributed by atoms with Crippen LogP contribution in [0.25, 0.3) is 0 Å². The van der Waals surface area contributed by atoms with Crippen LogP contribution in [-0.2, 0) is 30.4 Å². The van der Waals surface area contributed by atoms with Gasteiger partial charge >= 0.3 is 11.9 Å². The van der Waals surface area contributed by atoms with Crippen LogP contribution in [-0.4, -0.2) is 70.6 Å². The molecule has 1 aliphatic heterocycles. The number of amides is 3. The quantitative estimate of drug-likeness (QED) is 0.211. The molecule has 36 heavy (non-hydrogen) atoms. The lowest BCUT2D eigenvalue weighted by molar-refractivity contribution is -0.143. The molecule has 1 aliphatic rings. The van der Waals surface area contributed by atoms with E-state index in [4.69, 9.17) is 5.11 Å². The highest BCUT2D eigenvalue weighted by atomic mass is 16.4. The predicted molar refractivity (Wildman–Crippen MR) is 131 cm³/mol. The van der Waals surface area contributed by atoms with Gasteiger partial charge in [-0.2, -0.15) is 0 Å². The van der Waals surface area contributed by atoms with E-state index in [0.717, 1.165) is 18.5 Å². The van der Waals surface area contributed by atoms with Gasteiger partial charge in [0.15, 0.2) is 0 Å². The van der Waals surface area contributed by atoms with Crippen molar-refractivity contribution in [2.75, 3.05) is 6.54 Å². The van der Waals surface area contributed by atoms with Crippen molar-refractivity contribution in [3.05, 3.63) is 35.9 Å². The summed E-state index contributed by atoms with van der Waals surface area (Å²) in [5.74, 6) is -4.07. The average molecular weight is 505 g/mol. The van der Waals surface area contributed by atoms with Crippen LogP contribution in [0.2, 0.25) is 0 Å². The van der Waals surface area contributed by atoms with Gasteiger partial charge in [-0.05, 0) is 43.7 Å². The van der Waals surface area contributed by atoms with E-state index >= 15 is 0 Å². The molecule has 0 aliphatic carbocycles. The van der Waals surface area contributed by atoms with Gasteiger partial charge in [0.2, 0.25) is 17.7 Å². The molecule has 6 N–H and O–H groups in total. The molecular formula is C25H36N4O7. The van der Waals surface area contributed by atoms with Gasteiger partial charge in [0.1, 0.15) is 18.1 Å². The van der Waals surface area contributed by atoms with Crippen molar-refractivity contribution in [1.29, 1.82) is 0 Å². The number of hydrogen-bond donors (Lipinski definition) is 6. The van der Waals surface area contributed by atoms with Crippen LogP contribution in [0.3, 0.4) is 0 Å². The summed E-state index contributed by atoms with van der Waals surface area (Å²) in [7, 11) is 0. The molecule has 11 nitrogen and oxygen atoms in total. The molecule has 0 aromatic heterocycles. The molecule has 1 aromatic carbocycles. The fraction of sp³-hybridized carbons (Fsp3) is 0.560. The first-order valence-electron chi connectivity index (χ1n) is 12.2. The number of carbonyl (C=O) groups is 5. The zero-order valence-corrected chi connectivity index (χ0v) is 20.7. The maximum Gasteiger partial charge on any atom is 0.326 e. The number of nitrogens with one attached hydrogen (secondary N) is 4. The minimum Gasteiger partial charge on any atom is -0.481 e. The van der Waals surface area contributed by atoms with E-state index in [2.05, 4.69) is 21.3 Å². The lowest BCUT2D eigenvalue weighted by atomic mass is 10.00. The first-order valence-corrected chi connectivity index (χ1v) is 12.2. The highest BCUT2D eigenvalue weighted by Crippen LogP contribution is 2.11. The zero-order valence-electron chi connectivity index (χ0n) is 20.7. The van der Waals surface area contributed by atoms with Gasteiger partial charge in [-0.1, -0.05) is 44.2 Å². The Morgan fingerprint density at radius 2 is 1.58 bits per heavy atom. The Balaban J connectivity index is 2.18. The maximum atomic E-state index is 13.2. The number of carbonyl (C=O) groups excluding carboxylic acids is 3. The third-order valence-corrected chi connectivity index (χ3v) is 5.89. The second-order valence-electron chi connectivity index (χ2n) is 9.42. The van der Waals surface area contributed by atoms with Gasteiger partial charge in [-0.15, -0.1) is 0 Å². The van der Waals surface area contributed by atoms with Gasteiger partial charge in [-0.3, -0.25) is 19.2 Å². The number of benzene rings is 1. The van der Waals surface area contributed by atoms with Gasteiger partial charge in [0.05, 0.1) is 6.04 Å². The Hall–Kier alpha value is -3.47. The van der Waals surface area contributed by atoms with Crippen molar-refractivity contribution >= 4 is 29.7 Å². The van der Waals surface area contributed by atoms with Crippen LogP contribution in [0.15, 0.2) is 30.3 Å². The third-order valence-electron chi connectivity index (χ3n) is 5.89. The number of carboxylic acid groups (broad SMARTS) is 2. The molecule has 4 unspecified atom stereocenters. The summed E-state index contributed by atoms with van der Waals surface area (Å²) in [5, 5.41) is 29.2. The largest absolute Gasteiger partial charge is 0.481 e. The van der Waals surface area contributed by atoms with Crippen LogP contribution in [0.1, 0.15) is 51.5 Å². The molecule has 1 saturated heterocycles. The summed E-state index contributed by atoms with van der Waals surface area (Å²) in [4.78, 5) is 61.4. The van der Waals surface area contributed by atoms with Gasteiger partial charge in [-0.25, -0.2) is 4.79 Å². The fourth-order valence-corrected chi connectivity index (χ4v) is 4.01. The SMILES string of the molecule is CC(C)CC(NC(=O)C1CCCN1)C(=O)NC(Cc1ccccc1)C(=O)NC(CCC(=O)O)C(=O)O. The van der Waals surface area contributed by atoms with Gasteiger partial charge < -0.3 is 31.5 Å². The molecule has 0 spiro atoms. The summed E-state index contributed by atoms with van der Waals surface area (Å²) < 4.78 is 0. The molecule has 0 radical (unpaired) electrons. The predicted octanol–water partition coefficient (Wildman–Crippen LogP) is 0.431. The topological polar surface area (TPSA) is 174 Å². The third kappa shape index (κ3) is 9.65. The molecule has 2 rings (SSSR count). The molecule has 3 amide bonds. The average Bonchev–Trinajstić information content (AvgIpc) is 3.36. The molecule has 1 fully saturated rings. The number of carboxylic acids is 2. The van der Waals surface area contributed by atoms with Crippen molar-refractivity contribution in [2.45, 2.75) is 76.5 Å². The van der Waals surface area contributed by atoms with Crippen molar-refractivity contribution in [2.24, 2.45) is 5.92 Å². The van der Waals surface area contributed by atoms with Crippen molar-refractivity contribution in [3.63, 3.8) is 0 Å². The van der Waals surface area contributed by atoms with E-state index in [-0.39, 0.29) is 30.7 Å². The molecule has 0 saturated carbocycles. The number of aliphatic carboxylic acids is 2. The first-order chi connectivity index (χ1) is 17.1. The van der Waals surface area contributed by atoms with E-state index in [0.29, 0.717) is 12.8 Å². The molecule has 11 heteroatoms. The Morgan fingerprint density at radius 1 is 0.944 bits per heavy atom. The summed E-state index contributed by atoms with van der Waals surface area (Å²) in [5.41, 5.74) is 0.731. The van der Waals surface area contributed by atoms with E-state index in [1.54, 1.807) is 30.3 Å². The molecule has 198 valence electrons. The van der Waals surface area contributed by atoms with Crippen LogP contribution >= 0.6 is 0 Å². The van der Waals surface area contributed by atoms with E-state index in [1.807, 2.05) is 13.8 Å². The molecule has 1 heterocycles. The minimum absolute atomic E-state index is 0.0754. The van der Waals surface area contributed by atoms with Gasteiger partial charge in [0.25, 0.3) is 0 Å². The Morgan fingerprint density at radius 3 is 2.14 bits per heavy atom. The van der Waals surface area contributed by atoms with Crippen LogP contribution in [0.4, 0.5) is 0 Å². The summed E-state index contributed by atoms with van der Waals surface area (Å²) in [6, 6.07) is 5.07. The Kier molecular flexibility index (Phi) is 11.3. The molecule has 0 bridgehead atoms. The smallest absolute Gasteiger partial charge is 0.326 e. The fourth-order valence-electron chi connectivity index (χ4n) is 4.01. The maximum absolute atomic E-state index is 13.2. The van der Waals surface area contributed by atoms with Crippen LogP contribution in [0.5, 0.6) is 0 Å². The Labute approximate surface area is 210 Å². The van der Waals surface area contributed by atoms with Gasteiger partial charge in [0, 0.05) is 12.8 Å². The minimum atomic E-state index is -1.43. The van der Waals surface area contributed by atoms with Crippen molar-refractivity contribution < 1.29 is 34.2 Å². The normalized spacial score (nSPS) is 17.6.